The molecule has 0 aromatic heterocycles. The molecule has 0 spiro atoms. The molecule has 0 unspecified atom stereocenters. The van der Waals surface area contributed by atoms with Crippen molar-refractivity contribution in [1.82, 2.24) is 5.32 Å². The molecule has 1 aliphatic rings. The van der Waals surface area contributed by atoms with Gasteiger partial charge in [0, 0.05) is 18.7 Å². The molecule has 0 radical (unpaired) electrons. The molecule has 0 aromatic rings. The van der Waals surface area contributed by atoms with Crippen LogP contribution < -0.4 is 5.32 Å². The van der Waals surface area contributed by atoms with Gasteiger partial charge in [-0.25, -0.2) is 0 Å². The highest BCUT2D eigenvalue weighted by Crippen LogP contribution is 1.90. The fourth-order valence-corrected chi connectivity index (χ4v) is 0.642. The Morgan fingerprint density at radius 1 is 1.86 bits per heavy atom. The van der Waals surface area contributed by atoms with E-state index in [4.69, 9.17) is 0 Å². The largest absolute Gasteiger partial charge is 0.298 e. The Labute approximate surface area is 43.6 Å². The maximum absolute atomic E-state index is 4.02. The summed E-state index contributed by atoms with van der Waals surface area (Å²) in [6.07, 6.45) is 2.00. The summed E-state index contributed by atoms with van der Waals surface area (Å²) < 4.78 is 0. The first kappa shape index (κ1) is 4.78. The van der Waals surface area contributed by atoms with Gasteiger partial charge in [-0.1, -0.05) is 6.92 Å². The molecular weight excluding hydrogens is 88.1 g/mol. The molecule has 1 N–H and O–H groups in total. The second-order valence-electron chi connectivity index (χ2n) is 1.92. The Morgan fingerprint density at radius 2 is 2.71 bits per heavy atom. The highest BCUT2D eigenvalue weighted by molar-refractivity contribution is 5.61. The van der Waals surface area contributed by atoms with Gasteiger partial charge < -0.3 is 0 Å². The van der Waals surface area contributed by atoms with Gasteiger partial charge in [0.1, 0.15) is 0 Å². The maximum Gasteiger partial charge on any atom is 0.0880 e. The van der Waals surface area contributed by atoms with Crippen molar-refractivity contribution >= 4 is 6.21 Å². The van der Waals surface area contributed by atoms with Crippen LogP contribution in [0.15, 0.2) is 4.99 Å². The topological polar surface area (TPSA) is 24.4 Å². The average molecular weight is 98.1 g/mol. The zero-order valence-corrected chi connectivity index (χ0v) is 4.52. The van der Waals surface area contributed by atoms with E-state index in [1.165, 1.54) is 0 Å². The van der Waals surface area contributed by atoms with E-state index in [1.807, 2.05) is 6.21 Å². The van der Waals surface area contributed by atoms with Crippen LogP contribution in [-0.4, -0.2) is 19.4 Å². The second kappa shape index (κ2) is 2.07. The highest BCUT2D eigenvalue weighted by atomic mass is 15.0. The zero-order valence-electron chi connectivity index (χ0n) is 4.52. The summed E-state index contributed by atoms with van der Waals surface area (Å²) >= 11 is 0. The number of hydrogen-bond acceptors (Lipinski definition) is 2. The van der Waals surface area contributed by atoms with Crippen LogP contribution in [0.25, 0.3) is 0 Å². The SMILES string of the molecule is C[C@@H]1C=NCNC1. The van der Waals surface area contributed by atoms with Gasteiger partial charge in [0.05, 0.1) is 6.67 Å². The second-order valence-corrected chi connectivity index (χ2v) is 1.92. The van der Waals surface area contributed by atoms with Crippen molar-refractivity contribution in [1.29, 1.82) is 0 Å². The highest BCUT2D eigenvalue weighted by Gasteiger charge is 1.98. The van der Waals surface area contributed by atoms with Gasteiger partial charge in [-0.15, -0.1) is 0 Å². The molecule has 0 fully saturated rings. The quantitative estimate of drug-likeness (QED) is 0.461. The summed E-state index contributed by atoms with van der Waals surface area (Å²) in [4.78, 5) is 4.02. The van der Waals surface area contributed by atoms with Crippen molar-refractivity contribution in [3.8, 4) is 0 Å². The van der Waals surface area contributed by atoms with Crippen LogP contribution in [0.3, 0.4) is 0 Å². The van der Waals surface area contributed by atoms with Gasteiger partial charge in [0.2, 0.25) is 0 Å². The third-order valence-electron chi connectivity index (χ3n) is 1.03. The van der Waals surface area contributed by atoms with E-state index in [9.17, 15) is 0 Å². The molecule has 1 atom stereocenters. The Balaban J connectivity index is 2.36. The summed E-state index contributed by atoms with van der Waals surface area (Å²) in [5, 5.41) is 3.14. The van der Waals surface area contributed by atoms with Crippen molar-refractivity contribution in [2.24, 2.45) is 10.9 Å². The van der Waals surface area contributed by atoms with Crippen molar-refractivity contribution in [3.05, 3.63) is 0 Å². The molecule has 1 aliphatic heterocycles. The standard InChI is InChI=1S/C5H10N2/c1-5-2-6-4-7-3-5/h2,5,7H,3-4H2,1H3/t5-/m1/s1. The minimum absolute atomic E-state index is 0.633. The minimum Gasteiger partial charge on any atom is -0.298 e. The Bertz CT molecular complexity index is 78.1. The van der Waals surface area contributed by atoms with Gasteiger partial charge in [0.25, 0.3) is 0 Å². The molecule has 7 heavy (non-hydrogen) atoms. The number of rotatable bonds is 0. The molecular formula is C5H10N2. The molecule has 2 nitrogen and oxygen atoms in total. The lowest BCUT2D eigenvalue weighted by Crippen LogP contribution is -2.26. The first-order chi connectivity index (χ1) is 3.39. The van der Waals surface area contributed by atoms with Crippen molar-refractivity contribution in [3.63, 3.8) is 0 Å². The summed E-state index contributed by atoms with van der Waals surface area (Å²) in [7, 11) is 0. The molecule has 0 aromatic carbocycles. The number of nitrogens with one attached hydrogen (secondary N) is 1. The number of nitrogens with zero attached hydrogens (tertiary/aromatic N) is 1. The predicted molar refractivity (Wildman–Crippen MR) is 30.5 cm³/mol. The van der Waals surface area contributed by atoms with E-state index >= 15 is 0 Å². The number of hydrogen-bond donors (Lipinski definition) is 1. The third kappa shape index (κ3) is 1.27. The molecule has 2 heteroatoms. The molecule has 0 saturated carbocycles. The fourth-order valence-electron chi connectivity index (χ4n) is 0.642. The molecule has 0 amide bonds. The minimum atomic E-state index is 0.633. The molecule has 40 valence electrons. The van der Waals surface area contributed by atoms with Gasteiger partial charge in [-0.2, -0.15) is 0 Å². The van der Waals surface area contributed by atoms with Crippen molar-refractivity contribution in [2.45, 2.75) is 6.92 Å². The normalized spacial score (nSPS) is 30.7. The number of aliphatic imine (C=N–C) groups is 1. The Kier molecular flexibility index (Phi) is 1.42. The van der Waals surface area contributed by atoms with Crippen LogP contribution in [-0.2, 0) is 0 Å². The van der Waals surface area contributed by atoms with E-state index in [1.54, 1.807) is 0 Å². The van der Waals surface area contributed by atoms with Gasteiger partial charge >= 0.3 is 0 Å². The predicted octanol–water partition coefficient (Wildman–Crippen LogP) is 0.254. The third-order valence-corrected chi connectivity index (χ3v) is 1.03. The van der Waals surface area contributed by atoms with Crippen molar-refractivity contribution < 1.29 is 0 Å². The zero-order chi connectivity index (χ0) is 5.11. The lowest BCUT2D eigenvalue weighted by atomic mass is 10.2. The summed E-state index contributed by atoms with van der Waals surface area (Å²) in [5.74, 6) is 0.633. The average Bonchev–Trinajstić information content (AvgIpc) is 1.69. The van der Waals surface area contributed by atoms with Crippen LogP contribution in [0.5, 0.6) is 0 Å². The van der Waals surface area contributed by atoms with E-state index in [0.717, 1.165) is 13.2 Å². The monoisotopic (exact) mass is 98.1 g/mol. The van der Waals surface area contributed by atoms with Gasteiger partial charge in [0.15, 0.2) is 0 Å². The summed E-state index contributed by atoms with van der Waals surface area (Å²) in [5.41, 5.74) is 0. The smallest absolute Gasteiger partial charge is 0.0880 e. The van der Waals surface area contributed by atoms with Gasteiger partial charge in [-0.05, 0) is 0 Å². The van der Waals surface area contributed by atoms with E-state index in [0.29, 0.717) is 5.92 Å². The van der Waals surface area contributed by atoms with E-state index < -0.39 is 0 Å². The van der Waals surface area contributed by atoms with E-state index in [-0.39, 0.29) is 0 Å². The van der Waals surface area contributed by atoms with E-state index in [2.05, 4.69) is 17.2 Å². The molecule has 1 rings (SSSR count). The molecule has 0 aliphatic carbocycles. The fraction of sp³-hybridized carbons (Fsp3) is 0.800. The molecule has 0 bridgehead atoms. The van der Waals surface area contributed by atoms with Gasteiger partial charge in [-0.3, -0.25) is 10.3 Å². The molecule has 0 saturated heterocycles. The summed E-state index contributed by atoms with van der Waals surface area (Å²) in [6, 6.07) is 0. The summed E-state index contributed by atoms with van der Waals surface area (Å²) in [6.45, 7) is 4.05. The van der Waals surface area contributed by atoms with Crippen molar-refractivity contribution in [2.75, 3.05) is 13.2 Å². The van der Waals surface area contributed by atoms with Crippen LogP contribution in [0.4, 0.5) is 0 Å². The van der Waals surface area contributed by atoms with Crippen LogP contribution >= 0.6 is 0 Å². The Morgan fingerprint density at radius 3 is 3.00 bits per heavy atom. The molecule has 1 heterocycles. The first-order valence-electron chi connectivity index (χ1n) is 2.60. The van der Waals surface area contributed by atoms with Crippen LogP contribution in [0.2, 0.25) is 0 Å². The lowest BCUT2D eigenvalue weighted by molar-refractivity contribution is 0.604. The lowest BCUT2D eigenvalue weighted by Gasteiger charge is -2.10. The Hall–Kier alpha value is -0.370. The maximum atomic E-state index is 4.02. The first-order valence-corrected chi connectivity index (χ1v) is 2.60. The van der Waals surface area contributed by atoms with Crippen LogP contribution in [0.1, 0.15) is 6.92 Å². The van der Waals surface area contributed by atoms with Crippen LogP contribution in [0, 0.1) is 5.92 Å².